The second kappa shape index (κ2) is 5.93. The Kier molecular flexibility index (Phi) is 4.27. The van der Waals surface area contributed by atoms with Gasteiger partial charge in [-0.1, -0.05) is 6.92 Å². The topological polar surface area (TPSA) is 51.5 Å². The number of halogens is 1. The Morgan fingerprint density at radius 3 is 2.89 bits per heavy atom. The van der Waals surface area contributed by atoms with Gasteiger partial charge in [0, 0.05) is 17.0 Å². The van der Waals surface area contributed by atoms with Crippen LogP contribution >= 0.6 is 15.9 Å². The molecule has 1 aromatic carbocycles. The number of aryl methyl sites for hydroxylation is 1. The lowest BCUT2D eigenvalue weighted by Crippen LogP contribution is -2.13. The van der Waals surface area contributed by atoms with Crippen LogP contribution in [0.15, 0.2) is 39.4 Å². The van der Waals surface area contributed by atoms with E-state index in [2.05, 4.69) is 21.2 Å². The summed E-state index contributed by atoms with van der Waals surface area (Å²) in [6, 6.07) is 7.07. The second-order valence-electron chi connectivity index (χ2n) is 3.91. The van der Waals surface area contributed by atoms with Crippen molar-refractivity contribution < 1.29 is 13.9 Å². The Morgan fingerprint density at radius 2 is 2.21 bits per heavy atom. The molecule has 0 spiro atoms. The molecule has 2 rings (SSSR count). The average Bonchev–Trinajstić information content (AvgIpc) is 2.89. The SMILES string of the molecule is CCc1occc1C(=O)Nc1cc(OC)ccc1Br. The molecule has 1 aromatic heterocycles. The van der Waals surface area contributed by atoms with Crippen molar-refractivity contribution in [2.75, 3.05) is 12.4 Å². The zero-order valence-corrected chi connectivity index (χ0v) is 12.3. The molecule has 4 nitrogen and oxygen atoms in total. The molecule has 0 saturated heterocycles. The van der Waals surface area contributed by atoms with Gasteiger partial charge in [0.05, 0.1) is 24.6 Å². The summed E-state index contributed by atoms with van der Waals surface area (Å²) in [4.78, 5) is 12.2. The Hall–Kier alpha value is -1.75. The van der Waals surface area contributed by atoms with Crippen LogP contribution in [0.3, 0.4) is 0 Å². The third kappa shape index (κ3) is 2.98. The fourth-order valence-corrected chi connectivity index (χ4v) is 2.08. The molecule has 0 fully saturated rings. The third-order valence-corrected chi connectivity index (χ3v) is 3.42. The van der Waals surface area contributed by atoms with Crippen molar-refractivity contribution >= 4 is 27.5 Å². The van der Waals surface area contributed by atoms with Crippen LogP contribution in [0.2, 0.25) is 0 Å². The van der Waals surface area contributed by atoms with E-state index >= 15 is 0 Å². The highest BCUT2D eigenvalue weighted by Gasteiger charge is 2.14. The molecule has 19 heavy (non-hydrogen) atoms. The van der Waals surface area contributed by atoms with Gasteiger partial charge in [0.1, 0.15) is 11.5 Å². The van der Waals surface area contributed by atoms with Crippen molar-refractivity contribution in [3.05, 3.63) is 46.3 Å². The number of carbonyl (C=O) groups is 1. The number of anilines is 1. The quantitative estimate of drug-likeness (QED) is 0.929. The fraction of sp³-hybridized carbons (Fsp3) is 0.214. The van der Waals surface area contributed by atoms with Gasteiger partial charge in [-0.15, -0.1) is 0 Å². The second-order valence-corrected chi connectivity index (χ2v) is 4.77. The van der Waals surface area contributed by atoms with E-state index in [-0.39, 0.29) is 5.91 Å². The number of hydrogen-bond acceptors (Lipinski definition) is 3. The average molecular weight is 324 g/mol. The molecule has 0 atom stereocenters. The van der Waals surface area contributed by atoms with Gasteiger partial charge >= 0.3 is 0 Å². The van der Waals surface area contributed by atoms with Crippen LogP contribution in [-0.4, -0.2) is 13.0 Å². The van der Waals surface area contributed by atoms with E-state index in [0.29, 0.717) is 29.2 Å². The smallest absolute Gasteiger partial charge is 0.259 e. The van der Waals surface area contributed by atoms with Gasteiger partial charge in [-0.3, -0.25) is 4.79 Å². The highest BCUT2D eigenvalue weighted by Crippen LogP contribution is 2.27. The van der Waals surface area contributed by atoms with E-state index in [1.165, 1.54) is 6.26 Å². The molecule has 0 unspecified atom stereocenters. The van der Waals surface area contributed by atoms with Crippen molar-refractivity contribution in [2.24, 2.45) is 0 Å². The predicted molar refractivity (Wildman–Crippen MR) is 76.7 cm³/mol. The lowest BCUT2D eigenvalue weighted by atomic mass is 10.2. The molecule has 0 radical (unpaired) electrons. The van der Waals surface area contributed by atoms with Gasteiger partial charge in [-0.05, 0) is 34.1 Å². The summed E-state index contributed by atoms with van der Waals surface area (Å²) in [6.45, 7) is 1.94. The van der Waals surface area contributed by atoms with Crippen molar-refractivity contribution in [3.8, 4) is 5.75 Å². The maximum Gasteiger partial charge on any atom is 0.259 e. The normalized spacial score (nSPS) is 10.3. The maximum atomic E-state index is 12.2. The Balaban J connectivity index is 2.24. The number of amides is 1. The van der Waals surface area contributed by atoms with Crippen LogP contribution in [-0.2, 0) is 6.42 Å². The standard InChI is InChI=1S/C14H14BrNO3/c1-3-13-10(6-7-19-13)14(17)16-12-8-9(18-2)4-5-11(12)15/h4-8H,3H2,1-2H3,(H,16,17). The first-order chi connectivity index (χ1) is 9.15. The minimum absolute atomic E-state index is 0.195. The van der Waals surface area contributed by atoms with Crippen LogP contribution in [0.5, 0.6) is 5.75 Å². The summed E-state index contributed by atoms with van der Waals surface area (Å²) in [5, 5.41) is 2.84. The van der Waals surface area contributed by atoms with Gasteiger partial charge in [-0.25, -0.2) is 0 Å². The number of hydrogen-bond donors (Lipinski definition) is 1. The number of nitrogens with one attached hydrogen (secondary N) is 1. The van der Waals surface area contributed by atoms with E-state index in [1.807, 2.05) is 19.1 Å². The summed E-state index contributed by atoms with van der Waals surface area (Å²) >= 11 is 3.39. The molecule has 0 aliphatic rings. The number of furan rings is 1. The van der Waals surface area contributed by atoms with Crippen LogP contribution in [0.1, 0.15) is 23.0 Å². The summed E-state index contributed by atoms with van der Waals surface area (Å²) in [5.74, 6) is 1.16. The first-order valence-corrected chi connectivity index (χ1v) is 6.66. The van der Waals surface area contributed by atoms with Crippen LogP contribution in [0.4, 0.5) is 5.69 Å². The molecular weight excluding hydrogens is 310 g/mol. The zero-order chi connectivity index (χ0) is 13.8. The van der Waals surface area contributed by atoms with Crippen molar-refractivity contribution in [1.29, 1.82) is 0 Å². The third-order valence-electron chi connectivity index (χ3n) is 2.73. The minimum Gasteiger partial charge on any atom is -0.497 e. The summed E-state index contributed by atoms with van der Waals surface area (Å²) in [6.07, 6.45) is 2.20. The number of rotatable bonds is 4. The zero-order valence-electron chi connectivity index (χ0n) is 10.7. The Bertz CT molecular complexity index is 592. The highest BCUT2D eigenvalue weighted by molar-refractivity contribution is 9.10. The summed E-state index contributed by atoms with van der Waals surface area (Å²) in [7, 11) is 1.58. The maximum absolute atomic E-state index is 12.2. The van der Waals surface area contributed by atoms with E-state index in [1.54, 1.807) is 19.2 Å². The lowest BCUT2D eigenvalue weighted by molar-refractivity contribution is 0.102. The Labute approximate surface area is 119 Å². The molecular formula is C14H14BrNO3. The van der Waals surface area contributed by atoms with Gasteiger partial charge in [0.2, 0.25) is 0 Å². The van der Waals surface area contributed by atoms with E-state index in [0.717, 1.165) is 4.47 Å². The minimum atomic E-state index is -0.195. The predicted octanol–water partition coefficient (Wildman–Crippen LogP) is 3.87. The fourth-order valence-electron chi connectivity index (χ4n) is 1.73. The molecule has 2 aromatic rings. The number of benzene rings is 1. The molecule has 0 saturated carbocycles. The molecule has 1 heterocycles. The Morgan fingerprint density at radius 1 is 1.42 bits per heavy atom. The van der Waals surface area contributed by atoms with Gasteiger partial charge in [0.25, 0.3) is 5.91 Å². The highest BCUT2D eigenvalue weighted by atomic mass is 79.9. The molecule has 1 amide bonds. The largest absolute Gasteiger partial charge is 0.497 e. The molecule has 0 bridgehead atoms. The number of methoxy groups -OCH3 is 1. The van der Waals surface area contributed by atoms with Crippen molar-refractivity contribution in [3.63, 3.8) is 0 Å². The first-order valence-electron chi connectivity index (χ1n) is 5.87. The van der Waals surface area contributed by atoms with Crippen molar-refractivity contribution in [1.82, 2.24) is 0 Å². The molecule has 5 heteroatoms. The van der Waals surface area contributed by atoms with Crippen LogP contribution < -0.4 is 10.1 Å². The van der Waals surface area contributed by atoms with E-state index < -0.39 is 0 Å². The molecule has 100 valence electrons. The summed E-state index contributed by atoms with van der Waals surface area (Å²) in [5.41, 5.74) is 1.21. The molecule has 0 aliphatic carbocycles. The number of carbonyl (C=O) groups excluding carboxylic acids is 1. The van der Waals surface area contributed by atoms with Crippen LogP contribution in [0, 0.1) is 0 Å². The summed E-state index contributed by atoms with van der Waals surface area (Å²) < 4.78 is 11.2. The lowest BCUT2D eigenvalue weighted by Gasteiger charge is -2.09. The monoisotopic (exact) mass is 323 g/mol. The number of ether oxygens (including phenoxy) is 1. The van der Waals surface area contributed by atoms with Gasteiger partial charge < -0.3 is 14.5 Å². The first kappa shape index (κ1) is 13.7. The van der Waals surface area contributed by atoms with E-state index in [4.69, 9.17) is 9.15 Å². The van der Waals surface area contributed by atoms with E-state index in [9.17, 15) is 4.79 Å². The van der Waals surface area contributed by atoms with Crippen LogP contribution in [0.25, 0.3) is 0 Å². The van der Waals surface area contributed by atoms with Crippen molar-refractivity contribution in [2.45, 2.75) is 13.3 Å². The van der Waals surface area contributed by atoms with Gasteiger partial charge in [0.15, 0.2) is 0 Å². The molecule has 1 N–H and O–H groups in total. The molecule has 0 aliphatic heterocycles. The van der Waals surface area contributed by atoms with Gasteiger partial charge in [-0.2, -0.15) is 0 Å².